The predicted octanol–water partition coefficient (Wildman–Crippen LogP) is 5.89. The van der Waals surface area contributed by atoms with E-state index >= 15 is 4.39 Å². The quantitative estimate of drug-likeness (QED) is 0.0359. The van der Waals surface area contributed by atoms with Crippen molar-refractivity contribution < 1.29 is 82.7 Å². The number of phenols is 3. The molecule has 0 spiro atoms. The molecule has 27 nitrogen and oxygen atoms in total. The van der Waals surface area contributed by atoms with Crippen LogP contribution in [0.1, 0.15) is 117 Å². The van der Waals surface area contributed by atoms with Crippen molar-refractivity contribution in [2.24, 2.45) is 34.5 Å². The molecule has 3 fully saturated rings. The van der Waals surface area contributed by atoms with Crippen LogP contribution >= 0.6 is 0 Å². The van der Waals surface area contributed by atoms with Crippen molar-refractivity contribution >= 4 is 68.8 Å². The number of aliphatic hydroxyl groups excluding tert-OH is 2. The van der Waals surface area contributed by atoms with Crippen LogP contribution in [-0.4, -0.2) is 194 Å². The van der Waals surface area contributed by atoms with Gasteiger partial charge in [-0.1, -0.05) is 45.9 Å². The number of pyridine rings is 1. The number of rotatable bonds is 9. The van der Waals surface area contributed by atoms with E-state index in [1.165, 1.54) is 91.3 Å². The van der Waals surface area contributed by atoms with Gasteiger partial charge in [0, 0.05) is 138 Å². The number of ether oxygens (including phenoxy) is 5. The van der Waals surface area contributed by atoms with Crippen LogP contribution in [0.5, 0.6) is 28.7 Å². The second-order valence-corrected chi connectivity index (χ2v) is 24.8. The number of anilines is 2. The van der Waals surface area contributed by atoms with Crippen molar-refractivity contribution in [2.75, 3.05) is 77.3 Å². The van der Waals surface area contributed by atoms with Gasteiger partial charge in [-0.25, -0.2) is 14.2 Å². The number of aliphatic hydroxyl groups is 2. The molecule has 3 aromatic carbocycles. The minimum atomic E-state index is -2.04. The van der Waals surface area contributed by atoms with Crippen LogP contribution in [0.3, 0.4) is 0 Å². The average Bonchev–Trinajstić information content (AvgIpc) is 1.70. The molecule has 10 N–H and O–H groups in total. The van der Waals surface area contributed by atoms with Crippen LogP contribution in [0.25, 0.3) is 21.7 Å². The fourth-order valence-corrected chi connectivity index (χ4v) is 12.2. The van der Waals surface area contributed by atoms with Gasteiger partial charge in [0.1, 0.15) is 40.3 Å². The van der Waals surface area contributed by atoms with Crippen LogP contribution < -0.4 is 36.2 Å². The summed E-state index contributed by atoms with van der Waals surface area (Å²) in [5, 5.41) is 79.6. The summed E-state index contributed by atoms with van der Waals surface area (Å²) in [4.78, 5) is 86.3. The Balaban J connectivity index is 0.000000260. The smallest absolute Gasteiger partial charge is 0.341 e. The number of halogens is 1. The Morgan fingerprint density at radius 1 is 0.916 bits per heavy atom. The minimum Gasteiger partial charge on any atom is -0.507 e. The monoisotopic (exact) mass is 1320 g/mol. The highest BCUT2D eigenvalue weighted by atomic mass is 19.1. The van der Waals surface area contributed by atoms with E-state index in [1.54, 1.807) is 49.4 Å². The number of hydrazone groups is 1. The maximum atomic E-state index is 15.1. The van der Waals surface area contributed by atoms with Gasteiger partial charge in [0.25, 0.3) is 17.6 Å². The van der Waals surface area contributed by atoms with Crippen molar-refractivity contribution in [3.63, 3.8) is 0 Å². The van der Waals surface area contributed by atoms with Crippen molar-refractivity contribution in [2.45, 2.75) is 117 Å². The largest absolute Gasteiger partial charge is 0.507 e. The molecule has 95 heavy (non-hydrogen) atoms. The minimum absolute atomic E-state index is 0.0445. The third-order valence-corrected chi connectivity index (χ3v) is 17.9. The number of nitrogens with zero attached hydrogens (tertiary/aromatic N) is 7. The number of hydrogen-bond acceptors (Lipinski definition) is 23. The number of nitrogens with one attached hydrogen (secondary N) is 2. The molecule has 6 aliphatic rings. The Labute approximate surface area is 548 Å². The first kappa shape index (κ1) is 71.6. The van der Waals surface area contributed by atoms with E-state index in [1.807, 2.05) is 18.9 Å². The number of carboxylic acids is 1. The number of Topliss-reactive ketones (excluding diaryl/α,β-unsaturated/α-hetero) is 1. The molecular formula is C67H85FN10O17. The van der Waals surface area contributed by atoms with Crippen molar-refractivity contribution in [1.29, 1.82) is 0 Å². The van der Waals surface area contributed by atoms with Crippen molar-refractivity contribution in [3.05, 3.63) is 111 Å². The maximum absolute atomic E-state index is 15.1. The van der Waals surface area contributed by atoms with Gasteiger partial charge in [-0.15, -0.1) is 0 Å². The zero-order chi connectivity index (χ0) is 69.7. The Morgan fingerprint density at radius 3 is 2.20 bits per heavy atom. The number of ketones is 1. The van der Waals surface area contributed by atoms with E-state index in [0.29, 0.717) is 43.1 Å². The number of fused-ring (bicyclic) bond motifs is 15. The highest BCUT2D eigenvalue weighted by Crippen LogP contribution is 2.55. The number of aromatic carboxylic acids is 1. The molecule has 2 amide bonds. The number of amides is 2. The van der Waals surface area contributed by atoms with Crippen LogP contribution in [0, 0.1) is 36.4 Å². The summed E-state index contributed by atoms with van der Waals surface area (Å²) >= 11 is 0. The number of primary amides is 1. The molecule has 1 saturated carbocycles. The molecule has 2 saturated heterocycles. The lowest BCUT2D eigenvalue weighted by Gasteiger charge is -2.38. The van der Waals surface area contributed by atoms with Gasteiger partial charge >= 0.3 is 17.7 Å². The Hall–Kier alpha value is -9.22. The number of aromatic nitrogens is 3. The number of phenolic OH excluding ortho intramolecular Hbond substituents is 3. The molecule has 11 rings (SSSR count). The Bertz CT molecular complexity index is 3920. The van der Waals surface area contributed by atoms with Crippen LogP contribution in [0.4, 0.5) is 15.8 Å². The number of benzene rings is 3. The summed E-state index contributed by atoms with van der Waals surface area (Å²) in [5.74, 6) is -10.5. The molecular weight excluding hydrogens is 1240 g/mol. The van der Waals surface area contributed by atoms with Crippen molar-refractivity contribution in [1.82, 2.24) is 29.8 Å². The molecule has 5 aromatic rings. The van der Waals surface area contributed by atoms with Gasteiger partial charge < -0.3 is 85.1 Å². The zero-order valence-corrected chi connectivity index (χ0v) is 55.2. The third kappa shape index (κ3) is 15.3. The molecule has 7 heterocycles. The first-order valence-electron chi connectivity index (χ1n) is 31.2. The fourth-order valence-electron chi connectivity index (χ4n) is 12.2. The SMILES string of the molecule is CO[C@H]1/C=C/O[C@@]2(C)Oc3c(C)c(O)c4c(O)c(c(/C=N/N5CCN(C)CC5)c(O)c4c3C2=O)NC(=O)/C(C)=C\C=C\[C@H](C)[C@H](O)[C@@H](C)[C@@H](O)[C@@H](C)[C@H](OC(C)=O)[C@@H]1C.COc1c(N2CCNC(C)C2)c(F)cc2c(=O)c(C(=O)O)cn(C3CC3)c12.NC(=O)c1cnccn1. The van der Waals surface area contributed by atoms with E-state index < -0.39 is 112 Å². The summed E-state index contributed by atoms with van der Waals surface area (Å²) in [6.45, 7) is 19.1. The number of hydrogen-bond donors (Lipinski definition) is 9. The lowest BCUT2D eigenvalue weighted by atomic mass is 9.78. The first-order valence-corrected chi connectivity index (χ1v) is 31.2. The average molecular weight is 1320 g/mol. The normalized spacial score (nSPS) is 26.5. The van der Waals surface area contributed by atoms with Crippen LogP contribution in [0.15, 0.2) is 76.9 Å². The third-order valence-electron chi connectivity index (χ3n) is 17.9. The molecule has 5 aliphatic heterocycles. The molecule has 1 aliphatic carbocycles. The van der Waals surface area contributed by atoms with Gasteiger partial charge in [-0.3, -0.25) is 34.0 Å². The first-order chi connectivity index (χ1) is 45.0. The summed E-state index contributed by atoms with van der Waals surface area (Å²) in [6.07, 6.45) is 12.2. The van der Waals surface area contributed by atoms with Crippen LogP contribution in [0.2, 0.25) is 0 Å². The van der Waals surface area contributed by atoms with E-state index in [9.17, 15) is 59.4 Å². The molecule has 5 bridgehead atoms. The topological polar surface area (TPSA) is 373 Å². The number of allylic oxidation sites excluding steroid dienone is 2. The van der Waals surface area contributed by atoms with E-state index in [2.05, 4.69) is 30.6 Å². The number of methoxy groups -OCH3 is 2. The summed E-state index contributed by atoms with van der Waals surface area (Å²) in [7, 11) is 4.88. The molecule has 512 valence electrons. The number of likely N-dealkylation sites (N-methyl/N-ethyl adjacent to an activating group) is 1. The van der Waals surface area contributed by atoms with Crippen molar-refractivity contribution in [3.8, 4) is 28.7 Å². The van der Waals surface area contributed by atoms with E-state index in [0.717, 1.165) is 38.5 Å². The van der Waals surface area contributed by atoms with Gasteiger partial charge in [0.05, 0.1) is 77.2 Å². The van der Waals surface area contributed by atoms with Gasteiger partial charge in [-0.05, 0) is 52.8 Å². The second-order valence-electron chi connectivity index (χ2n) is 24.8. The fraction of sp³-hybridized carbons (Fsp3) is 0.478. The number of carboxylic acid groups (broad SMARTS) is 1. The van der Waals surface area contributed by atoms with Gasteiger partial charge in [0.2, 0.25) is 5.43 Å². The summed E-state index contributed by atoms with van der Waals surface area (Å²) in [6, 6.07) is 1.45. The van der Waals surface area contributed by atoms with Gasteiger partial charge in [-0.2, -0.15) is 5.10 Å². The Kier molecular flexibility index (Phi) is 22.6. The highest BCUT2D eigenvalue weighted by Gasteiger charge is 2.50. The molecule has 10 atom stereocenters. The molecule has 0 radical (unpaired) electrons. The molecule has 28 heteroatoms. The number of aromatic hydroxyl groups is 3. The highest BCUT2D eigenvalue weighted by molar-refractivity contribution is 6.24. The zero-order valence-electron chi connectivity index (χ0n) is 55.2. The maximum Gasteiger partial charge on any atom is 0.341 e. The number of nitrogens with two attached hydrogens (primary N) is 1. The lowest BCUT2D eigenvalue weighted by molar-refractivity contribution is -0.160. The number of carbonyl (C=O) groups excluding carboxylic acids is 4. The summed E-state index contributed by atoms with van der Waals surface area (Å²) < 4.78 is 46.1. The predicted molar refractivity (Wildman–Crippen MR) is 351 cm³/mol. The van der Waals surface area contributed by atoms with E-state index in [-0.39, 0.29) is 73.2 Å². The molecule has 2 aromatic heterocycles. The second kappa shape index (κ2) is 30.0. The number of esters is 1. The summed E-state index contributed by atoms with van der Waals surface area (Å²) in [5.41, 5.74) is 4.48. The van der Waals surface area contributed by atoms with Gasteiger partial charge in [0.15, 0.2) is 17.3 Å². The van der Waals surface area contributed by atoms with E-state index in [4.69, 9.17) is 29.4 Å². The number of carbonyl (C=O) groups is 5. The Morgan fingerprint density at radius 2 is 1.61 bits per heavy atom. The standard InChI is InChI=1S/C43H58N4O12.C19H22FN3O4.C5H5N3O/c1-21-12-11-13-22(2)42(55)45-33-28(20-44-47-17-15-46(9)16-18-47)37(52)30-31(38(33)53)36(51)26(6)40-32(30)41(54)43(8,59-40)57-19-14-29(56-10)23(3)39(58-27(7)48)25(5)35(50)24(4)34(21)49;1-10-8-22(6-5-21-10)16-14(20)7-12-15(18(16)27-2)23(11-3-4-11)9-13(17(12)24)19(25)26;6-5(9)4-3-7-1-2-8-4/h11-14,19-21,23-25,29,34-35,39,49-53H,15-18H2,1-10H3,(H,45,55);7,9-11,21H,3-6,8H2,1-2H3,(H,25,26);1-3H,(H2,6,9)/b12-11+,19-14+,22-13-,44-20+;;/t21-,23+,24+,25+,29-,34-,35+,39+,43-;;/m0../s1. The lowest BCUT2D eigenvalue weighted by Crippen LogP contribution is -2.49. The molecule has 1 unspecified atom stereocenters. The van der Waals surface area contributed by atoms with Crippen LogP contribution in [-0.2, 0) is 23.8 Å². The number of piperazine rings is 2.